The van der Waals surface area contributed by atoms with Gasteiger partial charge in [-0.2, -0.15) is 0 Å². The molecule has 6 nitrogen and oxygen atoms in total. The van der Waals surface area contributed by atoms with Crippen molar-refractivity contribution < 1.29 is 13.5 Å². The number of hydrogen-bond acceptors (Lipinski definition) is 6. The zero-order chi connectivity index (χ0) is 12.3. The summed E-state index contributed by atoms with van der Waals surface area (Å²) in [6.07, 6.45) is 0.543. The Morgan fingerprint density at radius 1 is 1.69 bits per heavy atom. The van der Waals surface area contributed by atoms with Crippen LogP contribution in [0.4, 0.5) is 0 Å². The molecule has 1 aromatic heterocycles. The molecule has 0 radical (unpaired) electrons. The number of nitrogens with two attached hydrogens (primary N) is 1. The van der Waals surface area contributed by atoms with Crippen LogP contribution in [0.15, 0.2) is 10.4 Å². The molecule has 0 saturated carbocycles. The standard InChI is InChI=1S/C8H15N3O3S2/c1-5(12)7(9)3-11-16(13,14)8-4-10-6(2)15-8/h4-5,7,11-12H,3,9H2,1-2H3. The van der Waals surface area contributed by atoms with Crippen molar-refractivity contribution in [1.82, 2.24) is 9.71 Å². The highest BCUT2D eigenvalue weighted by atomic mass is 32.2. The van der Waals surface area contributed by atoms with Crippen LogP contribution in [0.5, 0.6) is 0 Å². The molecule has 2 atom stereocenters. The minimum absolute atomic E-state index is 0.00303. The fraction of sp³-hybridized carbons (Fsp3) is 0.625. The van der Waals surface area contributed by atoms with Gasteiger partial charge in [-0.3, -0.25) is 0 Å². The van der Waals surface area contributed by atoms with Gasteiger partial charge in [0.05, 0.1) is 17.3 Å². The van der Waals surface area contributed by atoms with E-state index in [1.54, 1.807) is 6.92 Å². The number of thiazole rings is 1. The molecule has 4 N–H and O–H groups in total. The van der Waals surface area contributed by atoms with Gasteiger partial charge >= 0.3 is 0 Å². The first kappa shape index (κ1) is 13.5. The summed E-state index contributed by atoms with van der Waals surface area (Å²) in [5.41, 5.74) is 5.52. The number of aliphatic hydroxyl groups excluding tert-OH is 1. The van der Waals surface area contributed by atoms with E-state index in [2.05, 4.69) is 9.71 Å². The van der Waals surface area contributed by atoms with Crippen LogP contribution in [-0.4, -0.2) is 37.2 Å². The van der Waals surface area contributed by atoms with Gasteiger partial charge in [0.15, 0.2) is 4.21 Å². The minimum Gasteiger partial charge on any atom is -0.392 e. The first-order chi connectivity index (χ1) is 7.33. The lowest BCUT2D eigenvalue weighted by atomic mass is 10.2. The molecule has 0 amide bonds. The van der Waals surface area contributed by atoms with Crippen molar-refractivity contribution in [1.29, 1.82) is 0 Å². The third-order valence-electron chi connectivity index (χ3n) is 1.99. The molecule has 0 aliphatic rings. The molecule has 92 valence electrons. The fourth-order valence-corrected chi connectivity index (χ4v) is 3.14. The number of nitrogens with zero attached hydrogens (tertiary/aromatic N) is 1. The van der Waals surface area contributed by atoms with Crippen molar-refractivity contribution in [3.05, 3.63) is 11.2 Å². The van der Waals surface area contributed by atoms with Gasteiger partial charge in [0, 0.05) is 12.6 Å². The molecule has 0 spiro atoms. The molecule has 0 bridgehead atoms. The molecule has 1 aromatic rings. The van der Waals surface area contributed by atoms with E-state index in [0.717, 1.165) is 11.3 Å². The molecule has 8 heteroatoms. The van der Waals surface area contributed by atoms with Crippen LogP contribution in [0, 0.1) is 6.92 Å². The van der Waals surface area contributed by atoms with Crippen molar-refractivity contribution in [3.63, 3.8) is 0 Å². The molecule has 0 aliphatic heterocycles. The Kier molecular flexibility index (Phi) is 4.39. The molecular weight excluding hydrogens is 250 g/mol. The molecule has 1 rings (SSSR count). The third-order valence-corrected chi connectivity index (χ3v) is 4.79. The molecular formula is C8H15N3O3S2. The molecule has 0 aliphatic carbocycles. The summed E-state index contributed by atoms with van der Waals surface area (Å²) in [7, 11) is -3.55. The Morgan fingerprint density at radius 3 is 2.75 bits per heavy atom. The lowest BCUT2D eigenvalue weighted by molar-refractivity contribution is 0.164. The Bertz CT molecular complexity index is 441. The minimum atomic E-state index is -3.55. The van der Waals surface area contributed by atoms with Crippen LogP contribution in [0.1, 0.15) is 11.9 Å². The number of aliphatic hydroxyl groups is 1. The van der Waals surface area contributed by atoms with E-state index in [-0.39, 0.29) is 10.8 Å². The van der Waals surface area contributed by atoms with Gasteiger partial charge in [0.25, 0.3) is 10.0 Å². The average molecular weight is 265 g/mol. The van der Waals surface area contributed by atoms with E-state index < -0.39 is 22.2 Å². The van der Waals surface area contributed by atoms with Crippen molar-refractivity contribution in [2.75, 3.05) is 6.54 Å². The summed E-state index contributed by atoms with van der Waals surface area (Å²) in [4.78, 5) is 3.86. The van der Waals surface area contributed by atoms with Crippen molar-refractivity contribution in [2.45, 2.75) is 30.2 Å². The normalized spacial score (nSPS) is 16.0. The maximum Gasteiger partial charge on any atom is 0.251 e. The largest absolute Gasteiger partial charge is 0.392 e. The first-order valence-electron chi connectivity index (χ1n) is 4.68. The summed E-state index contributed by atoms with van der Waals surface area (Å²) in [6, 6.07) is -0.621. The predicted octanol–water partition coefficient (Wildman–Crippen LogP) is -0.562. The Balaban J connectivity index is 2.67. The lowest BCUT2D eigenvalue weighted by Crippen LogP contribution is -2.43. The Hall–Kier alpha value is -0.540. The maximum absolute atomic E-state index is 11.7. The highest BCUT2D eigenvalue weighted by Crippen LogP contribution is 2.17. The topological polar surface area (TPSA) is 105 Å². The summed E-state index contributed by atoms with van der Waals surface area (Å²) < 4.78 is 25.9. The number of nitrogens with one attached hydrogen (secondary N) is 1. The van der Waals surface area contributed by atoms with E-state index in [1.807, 2.05) is 0 Å². The van der Waals surface area contributed by atoms with E-state index in [0.29, 0.717) is 5.01 Å². The number of hydrogen-bond donors (Lipinski definition) is 3. The highest BCUT2D eigenvalue weighted by Gasteiger charge is 2.19. The number of aromatic nitrogens is 1. The van der Waals surface area contributed by atoms with Crippen molar-refractivity contribution in [2.24, 2.45) is 5.73 Å². The van der Waals surface area contributed by atoms with Gasteiger partial charge < -0.3 is 10.8 Å². The van der Waals surface area contributed by atoms with E-state index in [9.17, 15) is 8.42 Å². The van der Waals surface area contributed by atoms with Crippen LogP contribution in [0.3, 0.4) is 0 Å². The van der Waals surface area contributed by atoms with Crippen LogP contribution in [0.25, 0.3) is 0 Å². The maximum atomic E-state index is 11.7. The quantitative estimate of drug-likeness (QED) is 0.661. The van der Waals surface area contributed by atoms with Crippen LogP contribution in [0.2, 0.25) is 0 Å². The van der Waals surface area contributed by atoms with Crippen LogP contribution in [-0.2, 0) is 10.0 Å². The third kappa shape index (κ3) is 3.49. The number of aryl methyl sites for hydroxylation is 1. The monoisotopic (exact) mass is 265 g/mol. The molecule has 0 fully saturated rings. The summed E-state index contributed by atoms with van der Waals surface area (Å²) >= 11 is 1.09. The van der Waals surface area contributed by atoms with E-state index in [1.165, 1.54) is 13.1 Å². The first-order valence-corrected chi connectivity index (χ1v) is 6.98. The highest BCUT2D eigenvalue weighted by molar-refractivity contribution is 7.91. The zero-order valence-corrected chi connectivity index (χ0v) is 10.7. The van der Waals surface area contributed by atoms with Crippen molar-refractivity contribution in [3.8, 4) is 0 Å². The van der Waals surface area contributed by atoms with Gasteiger partial charge in [-0.1, -0.05) is 0 Å². The average Bonchev–Trinajstić information content (AvgIpc) is 2.61. The fourth-order valence-electron chi connectivity index (χ4n) is 0.914. The zero-order valence-electron chi connectivity index (χ0n) is 9.04. The molecule has 0 saturated heterocycles. The van der Waals surface area contributed by atoms with Crippen molar-refractivity contribution >= 4 is 21.4 Å². The smallest absolute Gasteiger partial charge is 0.251 e. The second-order valence-electron chi connectivity index (χ2n) is 3.45. The molecule has 0 aromatic carbocycles. The Morgan fingerprint density at radius 2 is 2.31 bits per heavy atom. The van der Waals surface area contributed by atoms with Gasteiger partial charge in [0.1, 0.15) is 0 Å². The van der Waals surface area contributed by atoms with Gasteiger partial charge in [-0.05, 0) is 13.8 Å². The van der Waals surface area contributed by atoms with Gasteiger partial charge in [0.2, 0.25) is 0 Å². The second-order valence-corrected chi connectivity index (χ2v) is 6.68. The second kappa shape index (κ2) is 5.19. The molecule has 16 heavy (non-hydrogen) atoms. The predicted molar refractivity (Wildman–Crippen MR) is 61.7 cm³/mol. The van der Waals surface area contributed by atoms with Crippen LogP contribution < -0.4 is 10.5 Å². The van der Waals surface area contributed by atoms with E-state index >= 15 is 0 Å². The van der Waals surface area contributed by atoms with E-state index in [4.69, 9.17) is 10.8 Å². The SMILES string of the molecule is Cc1ncc(S(=O)(=O)NCC(N)C(C)O)s1. The van der Waals surface area contributed by atoms with Gasteiger partial charge in [-0.15, -0.1) is 11.3 Å². The molecule has 1 heterocycles. The number of sulfonamides is 1. The summed E-state index contributed by atoms with van der Waals surface area (Å²) in [6.45, 7) is 3.23. The number of rotatable bonds is 5. The lowest BCUT2D eigenvalue weighted by Gasteiger charge is -2.14. The summed E-state index contributed by atoms with van der Waals surface area (Å²) in [5, 5.41) is 9.80. The van der Waals surface area contributed by atoms with Gasteiger partial charge in [-0.25, -0.2) is 18.1 Å². The van der Waals surface area contributed by atoms with Crippen LogP contribution >= 0.6 is 11.3 Å². The Labute approximate surface area is 98.6 Å². The molecule has 2 unspecified atom stereocenters. The summed E-state index contributed by atoms with van der Waals surface area (Å²) in [5.74, 6) is 0.